The lowest BCUT2D eigenvalue weighted by atomic mass is 10.1. The molecule has 0 bridgehead atoms. The second kappa shape index (κ2) is 8.59. The molecule has 0 saturated carbocycles. The van der Waals surface area contributed by atoms with Crippen molar-refractivity contribution in [3.8, 4) is 0 Å². The van der Waals surface area contributed by atoms with Gasteiger partial charge < -0.3 is 10.1 Å². The Balaban J connectivity index is 1.60. The molecule has 2 amide bonds. The molecule has 0 aliphatic heterocycles. The molecule has 1 aromatic heterocycles. The highest BCUT2D eigenvalue weighted by atomic mass is 32.1. The van der Waals surface area contributed by atoms with E-state index in [-0.39, 0.29) is 0 Å². The summed E-state index contributed by atoms with van der Waals surface area (Å²) in [5.74, 6) is -2.29. The highest BCUT2D eigenvalue weighted by Crippen LogP contribution is 2.39. The third-order valence-electron chi connectivity index (χ3n) is 4.17. The molecular formula is C19H19N3O4S. The van der Waals surface area contributed by atoms with E-state index in [1.165, 1.54) is 24.7 Å². The molecule has 0 saturated heterocycles. The highest BCUT2D eigenvalue weighted by molar-refractivity contribution is 7.17. The number of benzene rings is 1. The lowest BCUT2D eigenvalue weighted by molar-refractivity contribution is -0.136. The number of anilines is 1. The van der Waals surface area contributed by atoms with Crippen molar-refractivity contribution in [1.82, 2.24) is 5.43 Å². The van der Waals surface area contributed by atoms with Gasteiger partial charge in [0.05, 0.1) is 12.7 Å². The summed E-state index contributed by atoms with van der Waals surface area (Å²) in [7, 11) is 1.29. The predicted molar refractivity (Wildman–Crippen MR) is 103 cm³/mol. The molecule has 0 atom stereocenters. The van der Waals surface area contributed by atoms with Gasteiger partial charge in [-0.1, -0.05) is 30.3 Å². The molecule has 0 fully saturated rings. The van der Waals surface area contributed by atoms with Gasteiger partial charge in [-0.3, -0.25) is 9.59 Å². The average molecular weight is 385 g/mol. The standard InChI is InChI=1S/C19H19N3O4S/c1-26-19(25)15-13-8-5-9-14(13)27-18(15)21-16(23)17(24)22-20-11-10-12-6-3-2-4-7-12/h2-4,6-7,11H,5,8-10H2,1H3,(H,21,23)(H,22,24)/b20-11+. The van der Waals surface area contributed by atoms with E-state index in [1.807, 2.05) is 30.3 Å². The second-order valence-electron chi connectivity index (χ2n) is 5.95. The first-order chi connectivity index (χ1) is 13.1. The van der Waals surface area contributed by atoms with Crippen molar-refractivity contribution >= 4 is 40.3 Å². The molecule has 8 heteroatoms. The first kappa shape index (κ1) is 18.8. The zero-order valence-electron chi connectivity index (χ0n) is 14.8. The molecule has 2 N–H and O–H groups in total. The van der Waals surface area contributed by atoms with Crippen molar-refractivity contribution in [2.24, 2.45) is 5.10 Å². The number of hydrazone groups is 1. The maximum Gasteiger partial charge on any atom is 0.341 e. The zero-order valence-corrected chi connectivity index (χ0v) is 15.6. The summed E-state index contributed by atoms with van der Waals surface area (Å²) >= 11 is 1.31. The number of aryl methyl sites for hydroxylation is 1. The molecule has 1 aliphatic rings. The summed E-state index contributed by atoms with van der Waals surface area (Å²) in [6.45, 7) is 0. The lowest BCUT2D eigenvalue weighted by Gasteiger charge is -2.06. The van der Waals surface area contributed by atoms with Crippen LogP contribution in [0, 0.1) is 0 Å². The van der Waals surface area contributed by atoms with Crippen LogP contribution in [0.4, 0.5) is 5.00 Å². The molecule has 7 nitrogen and oxygen atoms in total. The molecule has 0 radical (unpaired) electrons. The fourth-order valence-corrected chi connectivity index (χ4v) is 4.16. The molecule has 140 valence electrons. The van der Waals surface area contributed by atoms with E-state index in [0.717, 1.165) is 35.3 Å². The Morgan fingerprint density at radius 2 is 1.96 bits per heavy atom. The van der Waals surface area contributed by atoms with Crippen LogP contribution in [0.25, 0.3) is 0 Å². The summed E-state index contributed by atoms with van der Waals surface area (Å²) in [5.41, 5.74) is 4.49. The fourth-order valence-electron chi connectivity index (χ4n) is 2.89. The monoisotopic (exact) mass is 385 g/mol. The number of ether oxygens (including phenoxy) is 1. The Bertz CT molecular complexity index is 890. The number of hydrogen-bond acceptors (Lipinski definition) is 6. The molecule has 1 aliphatic carbocycles. The minimum absolute atomic E-state index is 0.347. The van der Waals surface area contributed by atoms with Gasteiger partial charge in [0.2, 0.25) is 0 Å². The summed E-state index contributed by atoms with van der Waals surface area (Å²) < 4.78 is 4.82. The maximum absolute atomic E-state index is 12.1. The SMILES string of the molecule is COC(=O)c1c(NC(=O)C(=O)N/N=C/Cc2ccccc2)sc2c1CCC2. The summed E-state index contributed by atoms with van der Waals surface area (Å²) in [6.07, 6.45) is 4.64. The van der Waals surface area contributed by atoms with Crippen LogP contribution in [0.3, 0.4) is 0 Å². The normalized spacial score (nSPS) is 12.6. The van der Waals surface area contributed by atoms with Crippen molar-refractivity contribution in [2.45, 2.75) is 25.7 Å². The number of hydrogen-bond donors (Lipinski definition) is 2. The molecule has 1 heterocycles. The topological polar surface area (TPSA) is 96.9 Å². The molecule has 1 aromatic carbocycles. The molecular weight excluding hydrogens is 366 g/mol. The number of thiophene rings is 1. The van der Waals surface area contributed by atoms with Crippen LogP contribution in [0.1, 0.15) is 32.8 Å². The van der Waals surface area contributed by atoms with E-state index in [1.54, 1.807) is 0 Å². The van der Waals surface area contributed by atoms with Crippen molar-refractivity contribution in [1.29, 1.82) is 0 Å². The van der Waals surface area contributed by atoms with Crippen molar-refractivity contribution in [3.63, 3.8) is 0 Å². The van der Waals surface area contributed by atoms with E-state index in [0.29, 0.717) is 17.0 Å². The van der Waals surface area contributed by atoms with E-state index in [4.69, 9.17) is 4.74 Å². The predicted octanol–water partition coefficient (Wildman–Crippen LogP) is 2.31. The quantitative estimate of drug-likeness (QED) is 0.357. The van der Waals surface area contributed by atoms with E-state index in [2.05, 4.69) is 15.8 Å². The number of rotatable bonds is 5. The molecule has 27 heavy (non-hydrogen) atoms. The lowest BCUT2D eigenvalue weighted by Crippen LogP contribution is -2.32. The number of amides is 2. The molecule has 3 rings (SSSR count). The largest absolute Gasteiger partial charge is 0.465 e. The van der Waals surface area contributed by atoms with Gasteiger partial charge in [0, 0.05) is 17.5 Å². The van der Waals surface area contributed by atoms with Crippen molar-refractivity contribution in [2.75, 3.05) is 12.4 Å². The third-order valence-corrected chi connectivity index (χ3v) is 5.38. The number of esters is 1. The van der Waals surface area contributed by atoms with Crippen molar-refractivity contribution in [3.05, 3.63) is 51.9 Å². The van der Waals surface area contributed by atoms with Gasteiger partial charge in [0.1, 0.15) is 5.00 Å². The minimum atomic E-state index is -0.899. The van der Waals surface area contributed by atoms with E-state index >= 15 is 0 Å². The summed E-state index contributed by atoms with van der Waals surface area (Å²) in [6, 6.07) is 9.60. The molecule has 0 spiro atoms. The second-order valence-corrected chi connectivity index (χ2v) is 7.05. The fraction of sp³-hybridized carbons (Fsp3) is 0.263. The molecule has 0 unspecified atom stereocenters. The zero-order chi connectivity index (χ0) is 19.2. The molecule has 2 aromatic rings. The maximum atomic E-state index is 12.1. The van der Waals surface area contributed by atoms with Crippen LogP contribution in [-0.2, 0) is 33.6 Å². The number of carbonyl (C=O) groups is 3. The van der Waals surface area contributed by atoms with Gasteiger partial charge in [-0.05, 0) is 30.4 Å². The smallest absolute Gasteiger partial charge is 0.341 e. The minimum Gasteiger partial charge on any atom is -0.465 e. The van der Waals surface area contributed by atoms with Gasteiger partial charge in [0.15, 0.2) is 0 Å². The third kappa shape index (κ3) is 4.40. The summed E-state index contributed by atoms with van der Waals surface area (Å²) in [4.78, 5) is 37.2. The number of carbonyl (C=O) groups excluding carboxylic acids is 3. The Morgan fingerprint density at radius 3 is 2.70 bits per heavy atom. The Kier molecular flexibility index (Phi) is 5.97. The van der Waals surface area contributed by atoms with Gasteiger partial charge in [-0.15, -0.1) is 11.3 Å². The average Bonchev–Trinajstić information content (AvgIpc) is 3.26. The number of nitrogens with zero attached hydrogens (tertiary/aromatic N) is 1. The van der Waals surface area contributed by atoms with Gasteiger partial charge >= 0.3 is 17.8 Å². The Hall–Kier alpha value is -3.00. The van der Waals surface area contributed by atoms with Crippen LogP contribution < -0.4 is 10.7 Å². The number of methoxy groups -OCH3 is 1. The first-order valence-electron chi connectivity index (χ1n) is 8.49. The van der Waals surface area contributed by atoms with Crippen LogP contribution >= 0.6 is 11.3 Å². The number of fused-ring (bicyclic) bond motifs is 1. The Labute approximate surface area is 160 Å². The van der Waals surface area contributed by atoms with Crippen LogP contribution in [0.5, 0.6) is 0 Å². The van der Waals surface area contributed by atoms with Crippen LogP contribution in [0.2, 0.25) is 0 Å². The van der Waals surface area contributed by atoms with E-state index < -0.39 is 17.8 Å². The van der Waals surface area contributed by atoms with Crippen molar-refractivity contribution < 1.29 is 19.1 Å². The van der Waals surface area contributed by atoms with Crippen LogP contribution in [-0.4, -0.2) is 31.1 Å². The highest BCUT2D eigenvalue weighted by Gasteiger charge is 2.29. The van der Waals surface area contributed by atoms with Gasteiger partial charge in [-0.2, -0.15) is 5.10 Å². The van der Waals surface area contributed by atoms with E-state index in [9.17, 15) is 14.4 Å². The number of nitrogens with one attached hydrogen (secondary N) is 2. The van der Waals surface area contributed by atoms with Gasteiger partial charge in [0.25, 0.3) is 0 Å². The van der Waals surface area contributed by atoms with Crippen LogP contribution in [0.15, 0.2) is 35.4 Å². The first-order valence-corrected chi connectivity index (χ1v) is 9.31. The summed E-state index contributed by atoms with van der Waals surface area (Å²) in [5, 5.41) is 6.63. The van der Waals surface area contributed by atoms with Gasteiger partial charge in [-0.25, -0.2) is 10.2 Å². The Morgan fingerprint density at radius 1 is 1.19 bits per heavy atom.